The van der Waals surface area contributed by atoms with Gasteiger partial charge >= 0.3 is 5.97 Å². The van der Waals surface area contributed by atoms with Crippen molar-refractivity contribution in [3.63, 3.8) is 0 Å². The predicted molar refractivity (Wildman–Crippen MR) is 193 cm³/mol. The van der Waals surface area contributed by atoms with E-state index in [1.165, 1.54) is 33.3 Å². The van der Waals surface area contributed by atoms with E-state index in [4.69, 9.17) is 9.47 Å². The van der Waals surface area contributed by atoms with Crippen molar-refractivity contribution in [1.82, 2.24) is 5.32 Å². The summed E-state index contributed by atoms with van der Waals surface area (Å²) in [7, 11) is 1.44. The van der Waals surface area contributed by atoms with E-state index in [2.05, 4.69) is 86.8 Å². The molecule has 0 aromatic carbocycles. The van der Waals surface area contributed by atoms with Crippen molar-refractivity contribution in [2.45, 2.75) is 132 Å². The van der Waals surface area contributed by atoms with Crippen molar-refractivity contribution in [2.24, 2.45) is 5.41 Å². The molecule has 0 aromatic rings. The highest BCUT2D eigenvalue weighted by molar-refractivity contribution is 5.82. The van der Waals surface area contributed by atoms with Gasteiger partial charge in [-0.3, -0.25) is 14.4 Å². The second-order valence-electron chi connectivity index (χ2n) is 11.0. The van der Waals surface area contributed by atoms with Crippen molar-refractivity contribution >= 4 is 17.7 Å². The van der Waals surface area contributed by atoms with Crippen LogP contribution in [0.1, 0.15) is 126 Å². The summed E-state index contributed by atoms with van der Waals surface area (Å²) in [5.74, 6) is -0.682. The number of rotatable bonds is 23. The third-order valence-electron chi connectivity index (χ3n) is 6.15. The minimum atomic E-state index is -0.798. The summed E-state index contributed by atoms with van der Waals surface area (Å²) in [5.41, 5.74) is -0.719. The van der Waals surface area contributed by atoms with E-state index in [9.17, 15) is 14.4 Å². The number of unbranched alkanes of at least 4 members (excludes halogenated alkanes) is 2. The highest BCUT2D eigenvalue weighted by Gasteiger charge is 2.36. The fourth-order valence-corrected chi connectivity index (χ4v) is 3.69. The minimum Gasteiger partial charge on any atom is -0.465 e. The molecule has 0 aromatic heterocycles. The third kappa shape index (κ3) is 33.7. The first-order valence-corrected chi connectivity index (χ1v) is 17.0. The number of Topliss-reactive ketones (excluding diaryl/α,β-unsaturated/α-hetero) is 1. The first kappa shape index (κ1) is 46.4. The summed E-state index contributed by atoms with van der Waals surface area (Å²) in [6.45, 7) is 15.9. The summed E-state index contributed by atoms with van der Waals surface area (Å²) >= 11 is 0. The van der Waals surface area contributed by atoms with Crippen LogP contribution >= 0.6 is 0 Å². The second-order valence-corrected chi connectivity index (χ2v) is 11.0. The van der Waals surface area contributed by atoms with Gasteiger partial charge in [0.25, 0.3) is 0 Å². The summed E-state index contributed by atoms with van der Waals surface area (Å²) in [5, 5.41) is 2.69. The fraction of sp³-hybridized carbons (Fsp3) is 0.615. The Morgan fingerprint density at radius 2 is 1.13 bits per heavy atom. The first-order chi connectivity index (χ1) is 21.7. The van der Waals surface area contributed by atoms with Crippen LogP contribution in [-0.4, -0.2) is 44.0 Å². The molecule has 0 aliphatic heterocycles. The lowest BCUT2D eigenvalue weighted by Gasteiger charge is -2.31. The zero-order chi connectivity index (χ0) is 34.6. The Hall–Kier alpha value is -2.99. The quantitative estimate of drug-likeness (QED) is 0.0898. The zero-order valence-corrected chi connectivity index (χ0v) is 30.2. The average molecular weight is 630 g/mol. The number of ether oxygens (including phenoxy) is 2. The van der Waals surface area contributed by atoms with Gasteiger partial charge in [-0.2, -0.15) is 0 Å². The molecular weight excluding hydrogens is 562 g/mol. The molecule has 258 valence electrons. The van der Waals surface area contributed by atoms with E-state index in [0.717, 1.165) is 38.5 Å². The monoisotopic (exact) mass is 630 g/mol. The Kier molecular flexibility index (Phi) is 36.6. The molecule has 0 bridgehead atoms. The van der Waals surface area contributed by atoms with Gasteiger partial charge in [-0.25, -0.2) is 0 Å². The molecule has 1 N–H and O–H groups in total. The predicted octanol–water partition coefficient (Wildman–Crippen LogP) is 9.98. The normalized spacial score (nSPS) is 12.6. The lowest BCUT2D eigenvalue weighted by Crippen LogP contribution is -2.47. The number of carbonyl (C=O) groups excluding carboxylic acids is 3. The van der Waals surface area contributed by atoms with Crippen molar-refractivity contribution < 1.29 is 23.9 Å². The lowest BCUT2D eigenvalue weighted by atomic mass is 9.86. The highest BCUT2D eigenvalue weighted by Crippen LogP contribution is 2.24. The SMILES string of the molecule is CC.CC/C=C\C/C=C\C/C=C\C/C=C\C/C=C\C/C=C\CC(=O)OCC(C)(C)[C@@H](OC)C(=O)NCCC(C)=O.CCCCC. The topological polar surface area (TPSA) is 81.7 Å². The number of carbonyl (C=O) groups is 3. The fourth-order valence-electron chi connectivity index (χ4n) is 3.69. The van der Waals surface area contributed by atoms with Gasteiger partial charge in [-0.1, -0.05) is 141 Å². The van der Waals surface area contributed by atoms with Crippen molar-refractivity contribution in [1.29, 1.82) is 0 Å². The van der Waals surface area contributed by atoms with Crippen LogP contribution in [-0.2, 0) is 23.9 Å². The third-order valence-corrected chi connectivity index (χ3v) is 6.15. The van der Waals surface area contributed by atoms with Gasteiger partial charge in [0.1, 0.15) is 11.9 Å². The van der Waals surface area contributed by atoms with Crippen LogP contribution < -0.4 is 5.32 Å². The number of amides is 1. The van der Waals surface area contributed by atoms with E-state index >= 15 is 0 Å². The lowest BCUT2D eigenvalue weighted by molar-refractivity contribution is -0.154. The summed E-state index contributed by atoms with van der Waals surface area (Å²) in [6.07, 6.45) is 34.7. The molecule has 0 saturated carbocycles. The maximum absolute atomic E-state index is 12.4. The number of methoxy groups -OCH3 is 1. The summed E-state index contributed by atoms with van der Waals surface area (Å²) in [6, 6.07) is 0. The van der Waals surface area contributed by atoms with E-state index < -0.39 is 11.5 Å². The maximum atomic E-state index is 12.4. The van der Waals surface area contributed by atoms with Crippen LogP contribution in [0.2, 0.25) is 0 Å². The minimum absolute atomic E-state index is 0.00172. The van der Waals surface area contributed by atoms with Crippen molar-refractivity contribution in [2.75, 3.05) is 20.3 Å². The van der Waals surface area contributed by atoms with E-state index in [1.807, 2.05) is 19.9 Å². The molecule has 0 spiro atoms. The second kappa shape index (κ2) is 35.5. The molecule has 0 unspecified atom stereocenters. The van der Waals surface area contributed by atoms with Gasteiger partial charge in [0.15, 0.2) is 0 Å². The number of nitrogens with one attached hydrogen (secondary N) is 1. The van der Waals surface area contributed by atoms with Crippen molar-refractivity contribution in [3.8, 4) is 0 Å². The summed E-state index contributed by atoms with van der Waals surface area (Å²) < 4.78 is 10.7. The molecule has 1 atom stereocenters. The molecule has 6 heteroatoms. The average Bonchev–Trinajstić information content (AvgIpc) is 3.01. The molecule has 0 radical (unpaired) electrons. The van der Waals surface area contributed by atoms with Gasteiger partial charge in [-0.15, -0.1) is 0 Å². The number of hydrogen-bond acceptors (Lipinski definition) is 5. The Bertz CT molecular complexity index is 891. The Morgan fingerprint density at radius 1 is 0.711 bits per heavy atom. The Balaban J connectivity index is -0.00000227. The Labute approximate surface area is 277 Å². The largest absolute Gasteiger partial charge is 0.465 e. The molecule has 0 aliphatic rings. The van der Waals surface area contributed by atoms with Crippen LogP contribution in [0, 0.1) is 5.41 Å². The summed E-state index contributed by atoms with van der Waals surface area (Å²) in [4.78, 5) is 35.5. The smallest absolute Gasteiger partial charge is 0.309 e. The van der Waals surface area contributed by atoms with Crippen molar-refractivity contribution in [3.05, 3.63) is 72.9 Å². The molecule has 0 saturated heterocycles. The number of esters is 1. The van der Waals surface area contributed by atoms with Gasteiger partial charge in [-0.05, 0) is 45.4 Å². The standard InChI is InChI=1S/C32H49NO5.C5H12.C2H6/c1-6-7-8-9-10-11-12-13-14-15-16-17-18-19-20-21-22-23-24-29(35)38-27-32(3,4)30(37-5)31(36)33-26-25-28(2)34;1-3-5-4-2;1-2/h7-8,10-11,13-14,16-17,19-20,22-23,30H,6,9,12,15,18,21,24-27H2,1-5H3,(H,33,36);3-5H2,1-2H3;1-2H3/b8-7-,11-10-,14-13-,17-16-,20-19-,23-22-;;/t30-;;/m0../s1. The van der Waals surface area contributed by atoms with Crippen LogP contribution in [0.4, 0.5) is 0 Å². The van der Waals surface area contributed by atoms with E-state index in [0.29, 0.717) is 0 Å². The Morgan fingerprint density at radius 3 is 1.49 bits per heavy atom. The number of hydrogen-bond donors (Lipinski definition) is 1. The van der Waals surface area contributed by atoms with Gasteiger partial charge in [0.05, 0.1) is 13.0 Å². The first-order valence-electron chi connectivity index (χ1n) is 17.0. The molecule has 0 heterocycles. The maximum Gasteiger partial charge on any atom is 0.309 e. The highest BCUT2D eigenvalue weighted by atomic mass is 16.5. The van der Waals surface area contributed by atoms with Gasteiger partial charge in [0, 0.05) is 25.5 Å². The van der Waals surface area contributed by atoms with Crippen LogP contribution in [0.5, 0.6) is 0 Å². The van der Waals surface area contributed by atoms with Crippen LogP contribution in [0.25, 0.3) is 0 Å². The zero-order valence-electron chi connectivity index (χ0n) is 30.2. The van der Waals surface area contributed by atoms with Gasteiger partial charge < -0.3 is 14.8 Å². The van der Waals surface area contributed by atoms with Gasteiger partial charge in [0.2, 0.25) is 5.91 Å². The molecule has 6 nitrogen and oxygen atoms in total. The number of ketones is 1. The molecule has 0 fully saturated rings. The van der Waals surface area contributed by atoms with E-state index in [-0.39, 0.29) is 43.7 Å². The molecule has 0 aliphatic carbocycles. The van der Waals surface area contributed by atoms with E-state index in [1.54, 1.807) is 19.9 Å². The van der Waals surface area contributed by atoms with Crippen LogP contribution in [0.15, 0.2) is 72.9 Å². The molecule has 0 rings (SSSR count). The number of allylic oxidation sites excluding steroid dienone is 11. The molecule has 45 heavy (non-hydrogen) atoms. The molecular formula is C39H67NO5. The van der Waals surface area contributed by atoms with Crippen LogP contribution in [0.3, 0.4) is 0 Å². The molecule has 1 amide bonds.